The van der Waals surface area contributed by atoms with Crippen LogP contribution in [-0.2, 0) is 33.8 Å². The number of fused-ring (bicyclic) bond motifs is 1. The van der Waals surface area contributed by atoms with Gasteiger partial charge in [0.15, 0.2) is 0 Å². The summed E-state index contributed by atoms with van der Waals surface area (Å²) in [6.07, 6.45) is 5.59. The minimum absolute atomic E-state index is 0.0616. The maximum absolute atomic E-state index is 12.5. The third-order valence-corrected chi connectivity index (χ3v) is 6.38. The van der Waals surface area contributed by atoms with E-state index in [2.05, 4.69) is 26.3 Å². The van der Waals surface area contributed by atoms with Crippen LogP contribution in [0.1, 0.15) is 37.9 Å². The van der Waals surface area contributed by atoms with E-state index in [0.717, 1.165) is 11.1 Å². The average molecular weight is 582 g/mol. The molecule has 1 aromatic carbocycles. The van der Waals surface area contributed by atoms with E-state index in [-0.39, 0.29) is 37.2 Å². The molecule has 13 nitrogen and oxygen atoms in total. The van der Waals surface area contributed by atoms with Gasteiger partial charge in [0.25, 0.3) is 0 Å². The lowest BCUT2D eigenvalue weighted by molar-refractivity contribution is -0.122. The lowest BCUT2D eigenvalue weighted by Crippen LogP contribution is -2.28. The van der Waals surface area contributed by atoms with Gasteiger partial charge in [-0.3, -0.25) is 19.1 Å². The Balaban J connectivity index is 1.35. The fraction of sp³-hybridized carbons (Fsp3) is 0.448. The molecule has 13 heteroatoms. The molecule has 0 aliphatic heterocycles. The summed E-state index contributed by atoms with van der Waals surface area (Å²) in [5.41, 5.74) is 1.62. The van der Waals surface area contributed by atoms with Crippen molar-refractivity contribution < 1.29 is 23.9 Å². The molecular weight excluding hydrogens is 542 g/mol. The Bertz CT molecular complexity index is 1470. The van der Waals surface area contributed by atoms with Crippen LogP contribution in [0.4, 0.5) is 5.69 Å². The summed E-state index contributed by atoms with van der Waals surface area (Å²) in [6.45, 7) is 4.74. The van der Waals surface area contributed by atoms with Gasteiger partial charge in [-0.2, -0.15) is 0 Å². The Morgan fingerprint density at radius 3 is 2.64 bits per heavy atom. The molecule has 3 aromatic rings. The highest BCUT2D eigenvalue weighted by Crippen LogP contribution is 2.23. The summed E-state index contributed by atoms with van der Waals surface area (Å²) in [7, 11) is 3.79. The Kier molecular flexibility index (Phi) is 11.4. The second kappa shape index (κ2) is 14.9. The van der Waals surface area contributed by atoms with Gasteiger partial charge in [-0.25, -0.2) is 4.79 Å². The van der Waals surface area contributed by atoms with Crippen molar-refractivity contribution in [1.82, 2.24) is 30.9 Å². The number of carbonyl (C=O) groups is 3. The second-order valence-corrected chi connectivity index (χ2v) is 11.0. The molecule has 4 N–H and O–H groups in total. The fourth-order valence-electron chi connectivity index (χ4n) is 4.03. The van der Waals surface area contributed by atoms with Gasteiger partial charge in [-0.15, -0.1) is 5.10 Å². The van der Waals surface area contributed by atoms with E-state index >= 15 is 0 Å². The molecule has 0 aliphatic carbocycles. The van der Waals surface area contributed by atoms with Crippen molar-refractivity contribution in [3.8, 4) is 0 Å². The number of benzene rings is 1. The molecule has 0 radical (unpaired) electrons. The number of hydrogen-bond donors (Lipinski definition) is 4. The number of nitrogens with zero attached hydrogens (tertiary/aromatic N) is 4. The minimum Gasteiger partial charge on any atom is -0.423 e. The van der Waals surface area contributed by atoms with Gasteiger partial charge in [-0.1, -0.05) is 19.1 Å². The molecule has 0 atom stereocenters. The number of aliphatic hydroxyl groups excluding tert-OH is 1. The topological polar surface area (TPSA) is 172 Å². The van der Waals surface area contributed by atoms with Crippen molar-refractivity contribution in [2.24, 2.45) is 5.41 Å². The monoisotopic (exact) mass is 581 g/mol. The lowest BCUT2D eigenvalue weighted by atomic mass is 9.90. The first-order valence-electron chi connectivity index (χ1n) is 13.7. The Morgan fingerprint density at radius 2 is 1.90 bits per heavy atom. The summed E-state index contributed by atoms with van der Waals surface area (Å²) in [4.78, 5) is 50.2. The van der Waals surface area contributed by atoms with Gasteiger partial charge in [0.2, 0.25) is 17.7 Å². The van der Waals surface area contributed by atoms with Crippen LogP contribution in [0.2, 0.25) is 0 Å². The summed E-state index contributed by atoms with van der Waals surface area (Å²) in [5, 5.41) is 26.2. The van der Waals surface area contributed by atoms with Crippen LogP contribution >= 0.6 is 0 Å². The van der Waals surface area contributed by atoms with Gasteiger partial charge < -0.3 is 30.4 Å². The maximum atomic E-state index is 12.5. The zero-order chi connectivity index (χ0) is 30.7. The van der Waals surface area contributed by atoms with Crippen LogP contribution in [0, 0.1) is 5.41 Å². The van der Waals surface area contributed by atoms with Crippen molar-refractivity contribution in [2.45, 2.75) is 46.1 Å². The largest absolute Gasteiger partial charge is 0.423 e. The third-order valence-electron chi connectivity index (χ3n) is 6.38. The smallest absolute Gasteiger partial charge is 0.336 e. The first-order chi connectivity index (χ1) is 20.0. The predicted octanol–water partition coefficient (Wildman–Crippen LogP) is 0.897. The first kappa shape index (κ1) is 32.0. The van der Waals surface area contributed by atoms with Crippen LogP contribution in [0.25, 0.3) is 11.0 Å². The minimum atomic E-state index is -0.526. The number of aliphatic hydroxyl groups is 1. The fourth-order valence-corrected chi connectivity index (χ4v) is 4.03. The number of rotatable bonds is 15. The highest BCUT2D eigenvalue weighted by Gasteiger charge is 2.20. The van der Waals surface area contributed by atoms with Crippen LogP contribution < -0.4 is 26.5 Å². The van der Waals surface area contributed by atoms with Crippen molar-refractivity contribution in [3.63, 3.8) is 0 Å². The molecule has 226 valence electrons. The zero-order valence-electron chi connectivity index (χ0n) is 24.5. The molecule has 3 rings (SSSR count). The molecule has 0 saturated heterocycles. The maximum Gasteiger partial charge on any atom is 0.336 e. The van der Waals surface area contributed by atoms with Crippen LogP contribution in [-0.4, -0.2) is 71.6 Å². The summed E-state index contributed by atoms with van der Waals surface area (Å²) in [5.74, 6) is -0.842. The molecule has 42 heavy (non-hydrogen) atoms. The molecule has 0 unspecified atom stereocenters. The molecular formula is C29H39N7O6. The van der Waals surface area contributed by atoms with Gasteiger partial charge in [0.05, 0.1) is 12.1 Å². The summed E-state index contributed by atoms with van der Waals surface area (Å²) >= 11 is 0. The molecule has 3 amide bonds. The van der Waals surface area contributed by atoms with E-state index in [0.29, 0.717) is 49.3 Å². The van der Waals surface area contributed by atoms with Crippen LogP contribution in [0.15, 0.2) is 51.9 Å². The Labute approximate surface area is 243 Å². The SMILES string of the molecule is CN(C)c1ccc2c(CC(=O)NCCCn3cc(CCNC(=O)/C=C/NC(=O)CC(C)(C)CO)nn3)cc(=O)oc2c1. The zero-order valence-corrected chi connectivity index (χ0v) is 24.5. The predicted molar refractivity (Wildman–Crippen MR) is 158 cm³/mol. The van der Waals surface area contributed by atoms with Crippen LogP contribution in [0.5, 0.6) is 0 Å². The number of carbonyl (C=O) groups excluding carboxylic acids is 3. The number of hydrogen-bond acceptors (Lipinski definition) is 9. The van der Waals surface area contributed by atoms with Gasteiger partial charge >= 0.3 is 5.63 Å². The van der Waals surface area contributed by atoms with E-state index < -0.39 is 11.0 Å². The highest BCUT2D eigenvalue weighted by atomic mass is 16.4. The van der Waals surface area contributed by atoms with Crippen molar-refractivity contribution in [3.05, 3.63) is 64.4 Å². The van der Waals surface area contributed by atoms with Gasteiger partial charge in [-0.05, 0) is 29.5 Å². The van der Waals surface area contributed by atoms with Gasteiger partial charge in [0, 0.05) is 94.9 Å². The number of anilines is 1. The lowest BCUT2D eigenvalue weighted by Gasteiger charge is -2.19. The molecule has 0 bridgehead atoms. The average Bonchev–Trinajstić information content (AvgIpc) is 3.37. The van der Waals surface area contributed by atoms with E-state index in [1.54, 1.807) is 30.8 Å². The quantitative estimate of drug-likeness (QED) is 0.116. The molecule has 2 heterocycles. The van der Waals surface area contributed by atoms with E-state index in [1.807, 2.05) is 31.1 Å². The van der Waals surface area contributed by atoms with Crippen molar-refractivity contribution >= 4 is 34.4 Å². The van der Waals surface area contributed by atoms with Crippen LogP contribution in [0.3, 0.4) is 0 Å². The Morgan fingerprint density at radius 1 is 1.12 bits per heavy atom. The number of aryl methyl sites for hydroxylation is 1. The number of nitrogens with one attached hydrogen (secondary N) is 3. The number of amides is 3. The molecule has 0 aliphatic rings. The second-order valence-electron chi connectivity index (χ2n) is 11.0. The van der Waals surface area contributed by atoms with E-state index in [9.17, 15) is 24.3 Å². The Hall–Kier alpha value is -4.52. The highest BCUT2D eigenvalue weighted by molar-refractivity contribution is 5.89. The van der Waals surface area contributed by atoms with E-state index in [1.165, 1.54) is 18.3 Å². The number of aromatic nitrogens is 3. The summed E-state index contributed by atoms with van der Waals surface area (Å²) in [6, 6.07) is 6.89. The first-order valence-corrected chi connectivity index (χ1v) is 13.7. The molecule has 0 spiro atoms. The van der Waals surface area contributed by atoms with E-state index in [4.69, 9.17) is 4.42 Å². The van der Waals surface area contributed by atoms with Crippen molar-refractivity contribution in [1.29, 1.82) is 0 Å². The summed E-state index contributed by atoms with van der Waals surface area (Å²) < 4.78 is 7.00. The molecule has 2 aromatic heterocycles. The normalized spacial score (nSPS) is 11.5. The van der Waals surface area contributed by atoms with Crippen molar-refractivity contribution in [2.75, 3.05) is 38.7 Å². The molecule has 0 saturated carbocycles. The third kappa shape index (κ3) is 10.1. The molecule has 0 fully saturated rings. The standard InChI is InChI=1S/C29H39N7O6/c1-29(2,19-37)17-27(40)32-12-9-25(38)31-11-8-21-18-36(34-33-21)13-5-10-30-26(39)14-20-15-28(41)42-24-16-22(35(3)4)6-7-23(20)24/h6-7,9,12,15-16,18,37H,5,8,10-11,13-14,17,19H2,1-4H3,(H,30,39)(H,31,38)(H,32,40)/b12-9+. The van der Waals surface area contributed by atoms with Gasteiger partial charge in [0.1, 0.15) is 5.58 Å².